The zero-order chi connectivity index (χ0) is 15.1. The standard InChI is InChI=1S/C13H12N2O5/c1-8(16)19-13(20-9(2)17)12(18)15-11-5-3-10(7-14)4-6-11/h3-6,13H,1-2H3,(H,15,18). The van der Waals surface area contributed by atoms with Crippen LogP contribution in [0.25, 0.3) is 0 Å². The number of esters is 2. The molecule has 0 bridgehead atoms. The number of hydrogen-bond acceptors (Lipinski definition) is 6. The fourth-order valence-electron chi connectivity index (χ4n) is 1.26. The SMILES string of the molecule is CC(=O)OC(OC(C)=O)C(=O)Nc1ccc(C#N)cc1. The van der Waals surface area contributed by atoms with Crippen molar-refractivity contribution < 1.29 is 23.9 Å². The van der Waals surface area contributed by atoms with E-state index in [0.717, 1.165) is 13.8 Å². The van der Waals surface area contributed by atoms with Crippen molar-refractivity contribution in [2.75, 3.05) is 5.32 Å². The molecule has 7 nitrogen and oxygen atoms in total. The Kier molecular flexibility index (Phi) is 5.23. The van der Waals surface area contributed by atoms with E-state index in [9.17, 15) is 14.4 Å². The molecule has 0 atom stereocenters. The quantitative estimate of drug-likeness (QED) is 0.648. The first-order chi connectivity index (χ1) is 9.42. The number of benzene rings is 1. The van der Waals surface area contributed by atoms with E-state index >= 15 is 0 Å². The second-order valence-corrected chi connectivity index (χ2v) is 3.73. The lowest BCUT2D eigenvalue weighted by molar-refractivity contribution is -0.188. The van der Waals surface area contributed by atoms with Crippen molar-refractivity contribution in [1.29, 1.82) is 5.26 Å². The molecule has 0 aliphatic heterocycles. The van der Waals surface area contributed by atoms with Crippen LogP contribution in [0, 0.1) is 11.3 Å². The molecule has 0 spiro atoms. The summed E-state index contributed by atoms with van der Waals surface area (Å²) < 4.78 is 9.19. The lowest BCUT2D eigenvalue weighted by Crippen LogP contribution is -2.35. The Hall–Kier alpha value is -2.88. The largest absolute Gasteiger partial charge is 0.416 e. The van der Waals surface area contributed by atoms with E-state index in [2.05, 4.69) is 14.8 Å². The van der Waals surface area contributed by atoms with Gasteiger partial charge < -0.3 is 14.8 Å². The summed E-state index contributed by atoms with van der Waals surface area (Å²) in [6.45, 7) is 2.18. The van der Waals surface area contributed by atoms with Crippen LogP contribution in [-0.4, -0.2) is 24.1 Å². The number of nitriles is 1. The fourth-order valence-corrected chi connectivity index (χ4v) is 1.26. The van der Waals surface area contributed by atoms with Gasteiger partial charge in [-0.1, -0.05) is 0 Å². The summed E-state index contributed by atoms with van der Waals surface area (Å²) in [5.41, 5.74) is 0.804. The van der Waals surface area contributed by atoms with Gasteiger partial charge in [-0.15, -0.1) is 0 Å². The van der Waals surface area contributed by atoms with Gasteiger partial charge in [-0.05, 0) is 24.3 Å². The van der Waals surface area contributed by atoms with Gasteiger partial charge >= 0.3 is 24.1 Å². The molecular weight excluding hydrogens is 264 g/mol. The third-order valence-electron chi connectivity index (χ3n) is 2.04. The summed E-state index contributed by atoms with van der Waals surface area (Å²) in [6, 6.07) is 7.93. The number of nitrogens with one attached hydrogen (secondary N) is 1. The number of anilines is 1. The molecule has 0 radical (unpaired) electrons. The van der Waals surface area contributed by atoms with Crippen molar-refractivity contribution in [2.45, 2.75) is 20.1 Å². The fraction of sp³-hybridized carbons (Fsp3) is 0.231. The van der Waals surface area contributed by atoms with Crippen LogP contribution in [-0.2, 0) is 23.9 Å². The van der Waals surface area contributed by atoms with Crippen molar-refractivity contribution in [3.8, 4) is 6.07 Å². The maximum Gasteiger partial charge on any atom is 0.326 e. The molecule has 0 aromatic heterocycles. The minimum absolute atomic E-state index is 0.373. The summed E-state index contributed by atoms with van der Waals surface area (Å²) >= 11 is 0. The predicted octanol–water partition coefficient (Wildman–Crippen LogP) is 0.949. The van der Waals surface area contributed by atoms with Crippen molar-refractivity contribution in [2.24, 2.45) is 0 Å². The first-order valence-corrected chi connectivity index (χ1v) is 5.58. The Bertz CT molecular complexity index is 543. The molecule has 0 heterocycles. The number of ether oxygens (including phenoxy) is 2. The van der Waals surface area contributed by atoms with E-state index in [-0.39, 0.29) is 0 Å². The molecule has 1 amide bonds. The van der Waals surface area contributed by atoms with Gasteiger partial charge in [-0.3, -0.25) is 14.4 Å². The molecule has 7 heteroatoms. The molecule has 1 aromatic carbocycles. The van der Waals surface area contributed by atoms with Crippen molar-refractivity contribution in [3.63, 3.8) is 0 Å². The Morgan fingerprint density at radius 2 is 1.60 bits per heavy atom. The number of carbonyl (C=O) groups excluding carboxylic acids is 3. The molecule has 0 aliphatic rings. The van der Waals surface area contributed by atoms with Gasteiger partial charge in [0.15, 0.2) is 0 Å². The second-order valence-electron chi connectivity index (χ2n) is 3.73. The van der Waals surface area contributed by atoms with Crippen LogP contribution in [0.4, 0.5) is 5.69 Å². The maximum absolute atomic E-state index is 11.8. The van der Waals surface area contributed by atoms with Crippen molar-refractivity contribution in [1.82, 2.24) is 0 Å². The lowest BCUT2D eigenvalue weighted by atomic mass is 10.2. The minimum atomic E-state index is -1.65. The van der Waals surface area contributed by atoms with Crippen LogP contribution < -0.4 is 5.32 Å². The Morgan fingerprint density at radius 1 is 1.10 bits per heavy atom. The first kappa shape index (κ1) is 15.2. The summed E-state index contributed by atoms with van der Waals surface area (Å²) in [7, 11) is 0. The normalized spacial score (nSPS) is 9.50. The van der Waals surface area contributed by atoms with Gasteiger partial charge in [0.25, 0.3) is 0 Å². The molecule has 0 saturated carbocycles. The van der Waals surface area contributed by atoms with E-state index in [1.165, 1.54) is 24.3 Å². The molecule has 1 rings (SSSR count). The van der Waals surface area contributed by atoms with Crippen molar-refractivity contribution >= 4 is 23.5 Å². The van der Waals surface area contributed by atoms with Crippen LogP contribution in [0.5, 0.6) is 0 Å². The topological polar surface area (TPSA) is 105 Å². The Labute approximate surface area is 115 Å². The molecule has 0 fully saturated rings. The molecular formula is C13H12N2O5. The first-order valence-electron chi connectivity index (χ1n) is 5.58. The summed E-state index contributed by atoms with van der Waals surface area (Å²) in [5.74, 6) is -2.32. The second kappa shape index (κ2) is 6.89. The van der Waals surface area contributed by atoms with Crippen LogP contribution in [0.15, 0.2) is 24.3 Å². The predicted molar refractivity (Wildman–Crippen MR) is 67.1 cm³/mol. The van der Waals surface area contributed by atoms with Crippen molar-refractivity contribution in [3.05, 3.63) is 29.8 Å². The monoisotopic (exact) mass is 276 g/mol. The zero-order valence-electron chi connectivity index (χ0n) is 10.9. The highest BCUT2D eigenvalue weighted by molar-refractivity contribution is 5.95. The number of hydrogen-bond donors (Lipinski definition) is 1. The highest BCUT2D eigenvalue weighted by atomic mass is 16.7. The zero-order valence-corrected chi connectivity index (χ0v) is 10.9. The molecule has 0 unspecified atom stereocenters. The summed E-state index contributed by atoms with van der Waals surface area (Å²) in [5, 5.41) is 11.0. The number of carbonyl (C=O) groups is 3. The molecule has 20 heavy (non-hydrogen) atoms. The number of nitrogens with zero attached hydrogens (tertiary/aromatic N) is 1. The minimum Gasteiger partial charge on any atom is -0.416 e. The Morgan fingerprint density at radius 3 is 2.00 bits per heavy atom. The van der Waals surface area contributed by atoms with E-state index in [1.54, 1.807) is 0 Å². The van der Waals surface area contributed by atoms with E-state index in [4.69, 9.17) is 5.26 Å². The van der Waals surface area contributed by atoms with Gasteiger partial charge in [0, 0.05) is 19.5 Å². The average Bonchev–Trinajstić information content (AvgIpc) is 2.37. The van der Waals surface area contributed by atoms with E-state index in [1.807, 2.05) is 6.07 Å². The molecule has 104 valence electrons. The van der Waals surface area contributed by atoms with E-state index < -0.39 is 24.1 Å². The van der Waals surface area contributed by atoms with Crippen LogP contribution in [0.3, 0.4) is 0 Å². The molecule has 1 N–H and O–H groups in total. The van der Waals surface area contributed by atoms with Gasteiger partial charge in [0.2, 0.25) is 0 Å². The number of amides is 1. The van der Waals surface area contributed by atoms with E-state index in [0.29, 0.717) is 11.3 Å². The summed E-state index contributed by atoms with van der Waals surface area (Å²) in [4.78, 5) is 33.5. The molecule has 0 saturated heterocycles. The van der Waals surface area contributed by atoms with Crippen LogP contribution >= 0.6 is 0 Å². The van der Waals surface area contributed by atoms with Gasteiger partial charge in [-0.2, -0.15) is 5.26 Å². The smallest absolute Gasteiger partial charge is 0.326 e. The number of rotatable bonds is 4. The summed E-state index contributed by atoms with van der Waals surface area (Å²) in [6.07, 6.45) is -1.65. The third-order valence-corrected chi connectivity index (χ3v) is 2.04. The highest BCUT2D eigenvalue weighted by Gasteiger charge is 2.24. The average molecular weight is 276 g/mol. The van der Waals surface area contributed by atoms with Gasteiger partial charge in [0.1, 0.15) is 0 Å². The lowest BCUT2D eigenvalue weighted by Gasteiger charge is -2.16. The molecule has 0 aliphatic carbocycles. The maximum atomic E-state index is 11.8. The van der Waals surface area contributed by atoms with Crippen LogP contribution in [0.1, 0.15) is 19.4 Å². The Balaban J connectivity index is 2.76. The third kappa shape index (κ3) is 4.78. The molecule has 1 aromatic rings. The highest BCUT2D eigenvalue weighted by Crippen LogP contribution is 2.10. The van der Waals surface area contributed by atoms with Gasteiger partial charge in [-0.25, -0.2) is 0 Å². The van der Waals surface area contributed by atoms with Gasteiger partial charge in [0.05, 0.1) is 11.6 Å². The van der Waals surface area contributed by atoms with Crippen LogP contribution in [0.2, 0.25) is 0 Å².